The van der Waals surface area contributed by atoms with Gasteiger partial charge in [-0.15, -0.1) is 12.4 Å². The van der Waals surface area contributed by atoms with Gasteiger partial charge in [-0.05, 0) is 31.6 Å². The maximum absolute atomic E-state index is 12.0. The lowest BCUT2D eigenvalue weighted by atomic mass is 9.81. The Balaban J connectivity index is 0.00000220. The van der Waals surface area contributed by atoms with Gasteiger partial charge in [0.2, 0.25) is 5.91 Å². The third kappa shape index (κ3) is 3.69. The first-order valence-electron chi connectivity index (χ1n) is 7.60. The molecule has 1 saturated heterocycles. The van der Waals surface area contributed by atoms with Crippen LogP contribution < -0.4 is 5.32 Å². The quantitative estimate of drug-likeness (QED) is 0.810. The number of aliphatic carboxylic acids is 1. The minimum atomic E-state index is -0.682. The summed E-state index contributed by atoms with van der Waals surface area (Å²) in [5.74, 6) is -0.0530. The number of likely N-dealkylation sites (tertiary alicyclic amines) is 1. The monoisotopic (exact) mass is 318 g/mol. The van der Waals surface area contributed by atoms with Crippen LogP contribution in [0, 0.1) is 17.3 Å². The van der Waals surface area contributed by atoms with E-state index in [-0.39, 0.29) is 30.3 Å². The number of halogens is 1. The molecule has 1 heterocycles. The van der Waals surface area contributed by atoms with Crippen LogP contribution in [-0.2, 0) is 9.59 Å². The standard InChI is InChI=1S/C15H26N2O3.ClH/c1-10(2)11(3)16-13(18)8-17-7-12-5-4-6-15(12,9-17)14(19)20;/h10-12H,4-9H2,1-3H3,(H,16,18)(H,19,20);1H/t11?,12-,15+;/m0./s1. The number of nitrogens with zero attached hydrogens (tertiary/aromatic N) is 1. The van der Waals surface area contributed by atoms with Crippen LogP contribution in [-0.4, -0.2) is 47.6 Å². The molecule has 2 N–H and O–H groups in total. The number of hydrogen-bond acceptors (Lipinski definition) is 3. The maximum atomic E-state index is 12.0. The number of nitrogens with one attached hydrogen (secondary N) is 1. The highest BCUT2D eigenvalue weighted by atomic mass is 35.5. The van der Waals surface area contributed by atoms with Crippen molar-refractivity contribution < 1.29 is 14.7 Å². The second kappa shape index (κ2) is 6.97. The molecule has 0 aromatic carbocycles. The first-order chi connectivity index (χ1) is 9.35. The number of rotatable bonds is 5. The fourth-order valence-corrected chi connectivity index (χ4v) is 3.53. The SMILES string of the molecule is CC(C)C(C)NC(=O)CN1C[C@@H]2CCC[C@@]2(C(=O)O)C1.Cl. The van der Waals surface area contributed by atoms with Gasteiger partial charge >= 0.3 is 5.97 Å². The highest BCUT2D eigenvalue weighted by Crippen LogP contribution is 2.48. The maximum Gasteiger partial charge on any atom is 0.311 e. The number of carboxylic acids is 1. The summed E-state index contributed by atoms with van der Waals surface area (Å²) < 4.78 is 0. The fourth-order valence-electron chi connectivity index (χ4n) is 3.53. The Morgan fingerprint density at radius 1 is 1.38 bits per heavy atom. The number of carbonyl (C=O) groups is 2. The van der Waals surface area contributed by atoms with Gasteiger partial charge in [-0.1, -0.05) is 20.3 Å². The van der Waals surface area contributed by atoms with Gasteiger partial charge in [0.1, 0.15) is 0 Å². The van der Waals surface area contributed by atoms with Crippen molar-refractivity contribution in [1.82, 2.24) is 10.2 Å². The van der Waals surface area contributed by atoms with Crippen molar-refractivity contribution in [1.29, 1.82) is 0 Å². The van der Waals surface area contributed by atoms with E-state index in [1.165, 1.54) is 0 Å². The molecule has 2 fully saturated rings. The molecule has 0 aromatic rings. The summed E-state index contributed by atoms with van der Waals surface area (Å²) in [6, 6.07) is 0.151. The molecule has 1 amide bonds. The van der Waals surface area contributed by atoms with Crippen LogP contribution in [0.25, 0.3) is 0 Å². The molecule has 1 unspecified atom stereocenters. The average Bonchev–Trinajstić information content (AvgIpc) is 2.85. The molecule has 21 heavy (non-hydrogen) atoms. The zero-order chi connectivity index (χ0) is 14.9. The number of carboxylic acid groups (broad SMARTS) is 1. The van der Waals surface area contributed by atoms with Crippen LogP contribution in [0.4, 0.5) is 0 Å². The highest BCUT2D eigenvalue weighted by Gasteiger charge is 2.54. The summed E-state index contributed by atoms with van der Waals surface area (Å²) in [5, 5.41) is 12.5. The molecule has 2 aliphatic rings. The molecule has 0 spiro atoms. The van der Waals surface area contributed by atoms with E-state index in [0.29, 0.717) is 19.0 Å². The molecule has 0 radical (unpaired) electrons. The molecule has 2 rings (SSSR count). The molecular weight excluding hydrogens is 292 g/mol. The van der Waals surface area contributed by atoms with E-state index >= 15 is 0 Å². The fraction of sp³-hybridized carbons (Fsp3) is 0.867. The van der Waals surface area contributed by atoms with Crippen LogP contribution in [0.2, 0.25) is 0 Å². The molecule has 0 bridgehead atoms. The minimum Gasteiger partial charge on any atom is -0.481 e. The van der Waals surface area contributed by atoms with Gasteiger partial charge in [0.15, 0.2) is 0 Å². The van der Waals surface area contributed by atoms with Crippen LogP contribution in [0.15, 0.2) is 0 Å². The largest absolute Gasteiger partial charge is 0.481 e. The molecule has 122 valence electrons. The molecule has 3 atom stereocenters. The van der Waals surface area contributed by atoms with E-state index in [2.05, 4.69) is 19.2 Å². The Hall–Kier alpha value is -0.810. The van der Waals surface area contributed by atoms with Crippen molar-refractivity contribution >= 4 is 24.3 Å². The molecule has 0 aromatic heterocycles. The van der Waals surface area contributed by atoms with Crippen molar-refractivity contribution in [3.05, 3.63) is 0 Å². The molecule has 1 saturated carbocycles. The van der Waals surface area contributed by atoms with Gasteiger partial charge in [-0.3, -0.25) is 14.5 Å². The highest BCUT2D eigenvalue weighted by molar-refractivity contribution is 5.85. The Morgan fingerprint density at radius 3 is 2.57 bits per heavy atom. The van der Waals surface area contributed by atoms with Crippen LogP contribution >= 0.6 is 12.4 Å². The first-order valence-corrected chi connectivity index (χ1v) is 7.60. The van der Waals surface area contributed by atoms with Crippen LogP contribution in [0.3, 0.4) is 0 Å². The summed E-state index contributed by atoms with van der Waals surface area (Å²) in [7, 11) is 0. The van der Waals surface area contributed by atoms with Gasteiger partial charge in [0.05, 0.1) is 12.0 Å². The summed E-state index contributed by atoms with van der Waals surface area (Å²) >= 11 is 0. The predicted molar refractivity (Wildman–Crippen MR) is 83.5 cm³/mol. The smallest absolute Gasteiger partial charge is 0.311 e. The lowest BCUT2D eigenvalue weighted by Crippen LogP contribution is -2.43. The van der Waals surface area contributed by atoms with E-state index < -0.39 is 11.4 Å². The van der Waals surface area contributed by atoms with Crippen molar-refractivity contribution in [2.24, 2.45) is 17.3 Å². The zero-order valence-electron chi connectivity index (χ0n) is 13.1. The second-order valence-electron chi connectivity index (χ2n) is 6.82. The Morgan fingerprint density at radius 2 is 2.05 bits per heavy atom. The van der Waals surface area contributed by atoms with Gasteiger partial charge in [0, 0.05) is 19.1 Å². The number of amides is 1. The predicted octanol–water partition coefficient (Wildman–Crippen LogP) is 1.76. The Labute approximate surface area is 132 Å². The number of fused-ring (bicyclic) bond motifs is 1. The number of carbonyl (C=O) groups excluding carboxylic acids is 1. The van der Waals surface area contributed by atoms with Gasteiger partial charge in [0.25, 0.3) is 0 Å². The van der Waals surface area contributed by atoms with Gasteiger partial charge < -0.3 is 10.4 Å². The van der Waals surface area contributed by atoms with Gasteiger partial charge in [-0.25, -0.2) is 0 Å². The van der Waals surface area contributed by atoms with Crippen molar-refractivity contribution in [3.63, 3.8) is 0 Å². The third-order valence-corrected chi connectivity index (χ3v) is 5.12. The lowest BCUT2D eigenvalue weighted by Gasteiger charge is -2.24. The molecule has 6 heteroatoms. The number of hydrogen-bond donors (Lipinski definition) is 2. The van der Waals surface area contributed by atoms with E-state index in [1.54, 1.807) is 0 Å². The van der Waals surface area contributed by atoms with Crippen LogP contribution in [0.5, 0.6) is 0 Å². The molecule has 5 nitrogen and oxygen atoms in total. The van der Waals surface area contributed by atoms with E-state index in [9.17, 15) is 14.7 Å². The van der Waals surface area contributed by atoms with E-state index in [4.69, 9.17) is 0 Å². The zero-order valence-corrected chi connectivity index (χ0v) is 13.9. The summed E-state index contributed by atoms with van der Waals surface area (Å²) in [6.07, 6.45) is 2.74. The Bertz CT molecular complexity index is 402. The topological polar surface area (TPSA) is 69.6 Å². The van der Waals surface area contributed by atoms with E-state index in [1.807, 2.05) is 11.8 Å². The Kier molecular flexibility index (Phi) is 6.05. The summed E-state index contributed by atoms with van der Waals surface area (Å²) in [6.45, 7) is 7.74. The van der Waals surface area contributed by atoms with Crippen molar-refractivity contribution in [2.75, 3.05) is 19.6 Å². The summed E-state index contributed by atoms with van der Waals surface area (Å²) in [5.41, 5.74) is -0.593. The molecule has 1 aliphatic heterocycles. The second-order valence-corrected chi connectivity index (χ2v) is 6.82. The third-order valence-electron chi connectivity index (χ3n) is 5.12. The average molecular weight is 319 g/mol. The normalized spacial score (nSPS) is 29.8. The minimum absolute atomic E-state index is 0. The van der Waals surface area contributed by atoms with Crippen molar-refractivity contribution in [3.8, 4) is 0 Å². The molecular formula is C15H27ClN2O3. The van der Waals surface area contributed by atoms with E-state index in [0.717, 1.165) is 25.8 Å². The summed E-state index contributed by atoms with van der Waals surface area (Å²) in [4.78, 5) is 25.6. The molecule has 1 aliphatic carbocycles. The van der Waals surface area contributed by atoms with Gasteiger partial charge in [-0.2, -0.15) is 0 Å². The lowest BCUT2D eigenvalue weighted by molar-refractivity contribution is -0.149. The van der Waals surface area contributed by atoms with Crippen molar-refractivity contribution in [2.45, 2.75) is 46.1 Å². The van der Waals surface area contributed by atoms with Crippen LogP contribution in [0.1, 0.15) is 40.0 Å². The first kappa shape index (κ1) is 18.2.